The first-order valence-electron chi connectivity index (χ1n) is 5.51. The highest BCUT2D eigenvalue weighted by Crippen LogP contribution is 2.15. The number of carbonyl (C=O) groups excluding carboxylic acids is 1. The van der Waals surface area contributed by atoms with Gasteiger partial charge in [0, 0.05) is 5.69 Å². The van der Waals surface area contributed by atoms with Gasteiger partial charge in [-0.2, -0.15) is 0 Å². The lowest BCUT2D eigenvalue weighted by Crippen LogP contribution is -2.28. The van der Waals surface area contributed by atoms with Crippen LogP contribution in [-0.2, 0) is 4.74 Å². The van der Waals surface area contributed by atoms with Crippen LogP contribution in [0.15, 0.2) is 24.3 Å². The lowest BCUT2D eigenvalue weighted by molar-refractivity contribution is 0.0526. The zero-order valence-electron chi connectivity index (χ0n) is 10.4. The fourth-order valence-electron chi connectivity index (χ4n) is 1.30. The minimum atomic E-state index is -0.411. The Morgan fingerprint density at radius 3 is 2.47 bits per heavy atom. The minimum absolute atomic E-state index is 0.310. The van der Waals surface area contributed by atoms with Crippen molar-refractivity contribution in [2.75, 3.05) is 11.9 Å². The highest BCUT2D eigenvalue weighted by Gasteiger charge is 2.13. The molecule has 0 aliphatic carbocycles. The lowest BCUT2D eigenvalue weighted by atomic mass is 10.1. The van der Waals surface area contributed by atoms with Gasteiger partial charge in [-0.15, -0.1) is 6.42 Å². The summed E-state index contributed by atoms with van der Waals surface area (Å²) in [5, 5.41) is 3.18. The predicted octanol–water partition coefficient (Wildman–Crippen LogP) is 2.69. The van der Waals surface area contributed by atoms with Crippen LogP contribution in [0.3, 0.4) is 0 Å². The van der Waals surface area contributed by atoms with Crippen LogP contribution in [0, 0.1) is 12.3 Å². The van der Waals surface area contributed by atoms with Crippen LogP contribution in [0.4, 0.5) is 5.69 Å². The maximum Gasteiger partial charge on any atom is 0.338 e. The zero-order valence-corrected chi connectivity index (χ0v) is 10.4. The van der Waals surface area contributed by atoms with Crippen molar-refractivity contribution >= 4 is 11.7 Å². The fraction of sp³-hybridized carbons (Fsp3) is 0.357. The molecule has 0 aliphatic rings. The molecule has 3 heteroatoms. The van der Waals surface area contributed by atoms with Crippen molar-refractivity contribution in [1.29, 1.82) is 0 Å². The number of terminal acetylenes is 1. The van der Waals surface area contributed by atoms with Gasteiger partial charge in [-0.25, -0.2) is 4.79 Å². The maximum absolute atomic E-state index is 11.4. The van der Waals surface area contributed by atoms with E-state index >= 15 is 0 Å². The molecule has 0 fully saturated rings. The molecule has 0 radical (unpaired) electrons. The molecule has 1 rings (SSSR count). The number of esters is 1. The summed E-state index contributed by atoms with van der Waals surface area (Å²) in [6.07, 6.45) is 5.39. The number of ether oxygens (including phenoxy) is 1. The van der Waals surface area contributed by atoms with Gasteiger partial charge in [-0.05, 0) is 45.0 Å². The summed E-state index contributed by atoms with van der Waals surface area (Å²) < 4.78 is 4.90. The Hall–Kier alpha value is -1.95. The molecule has 0 atom stereocenters. The van der Waals surface area contributed by atoms with Crippen LogP contribution in [0.25, 0.3) is 0 Å². The van der Waals surface area contributed by atoms with Crippen LogP contribution < -0.4 is 5.32 Å². The molecule has 1 N–H and O–H groups in total. The second-order valence-corrected chi connectivity index (χ2v) is 4.19. The Morgan fingerprint density at radius 2 is 2.00 bits per heavy atom. The number of hydrogen-bond donors (Lipinski definition) is 1. The number of benzene rings is 1. The van der Waals surface area contributed by atoms with E-state index in [0.29, 0.717) is 12.2 Å². The molecule has 3 nitrogen and oxygen atoms in total. The van der Waals surface area contributed by atoms with Crippen molar-refractivity contribution in [3.63, 3.8) is 0 Å². The van der Waals surface area contributed by atoms with Gasteiger partial charge in [0.2, 0.25) is 0 Å². The van der Waals surface area contributed by atoms with Crippen LogP contribution in [0.5, 0.6) is 0 Å². The Labute approximate surface area is 102 Å². The normalized spacial score (nSPS) is 10.5. The Balaban J connectivity index is 2.76. The summed E-state index contributed by atoms with van der Waals surface area (Å²) in [7, 11) is 0. The zero-order chi connectivity index (χ0) is 12.9. The van der Waals surface area contributed by atoms with Gasteiger partial charge in [-0.1, -0.05) is 5.92 Å². The smallest absolute Gasteiger partial charge is 0.338 e. The molecule has 0 aliphatic heterocycles. The molecule has 0 saturated heterocycles. The van der Waals surface area contributed by atoms with E-state index in [9.17, 15) is 4.79 Å². The van der Waals surface area contributed by atoms with Crippen molar-refractivity contribution in [3.8, 4) is 12.3 Å². The molecule has 1 aromatic rings. The number of hydrogen-bond acceptors (Lipinski definition) is 3. The first-order chi connectivity index (χ1) is 7.98. The van der Waals surface area contributed by atoms with Gasteiger partial charge in [0.05, 0.1) is 17.7 Å². The molecular weight excluding hydrogens is 214 g/mol. The van der Waals surface area contributed by atoms with Crippen LogP contribution in [-0.4, -0.2) is 18.1 Å². The standard InChI is InChI=1S/C14H17NO2/c1-5-14(3,4)15-12-9-7-11(8-10-12)13(16)17-6-2/h1,7-10,15H,6H2,2-4H3. The topological polar surface area (TPSA) is 38.3 Å². The Bertz CT molecular complexity index is 427. The highest BCUT2D eigenvalue weighted by atomic mass is 16.5. The molecule has 0 unspecified atom stereocenters. The number of carbonyl (C=O) groups is 1. The summed E-state index contributed by atoms with van der Waals surface area (Å²) in [4.78, 5) is 11.4. The summed E-state index contributed by atoms with van der Waals surface area (Å²) in [5.74, 6) is 2.33. The second kappa shape index (κ2) is 5.40. The van der Waals surface area contributed by atoms with Crippen molar-refractivity contribution in [2.24, 2.45) is 0 Å². The third-order valence-electron chi connectivity index (χ3n) is 2.21. The average molecular weight is 231 g/mol. The quantitative estimate of drug-likeness (QED) is 0.639. The third-order valence-corrected chi connectivity index (χ3v) is 2.21. The van der Waals surface area contributed by atoms with E-state index in [1.54, 1.807) is 19.1 Å². The molecule has 17 heavy (non-hydrogen) atoms. The van der Waals surface area contributed by atoms with E-state index in [0.717, 1.165) is 5.69 Å². The minimum Gasteiger partial charge on any atom is -0.462 e. The van der Waals surface area contributed by atoms with Crippen LogP contribution in [0.2, 0.25) is 0 Å². The molecule has 90 valence electrons. The SMILES string of the molecule is C#CC(C)(C)Nc1ccc(C(=O)OCC)cc1. The first kappa shape index (κ1) is 13.1. The maximum atomic E-state index is 11.4. The molecule has 0 bridgehead atoms. The van der Waals surface area contributed by atoms with Crippen molar-refractivity contribution < 1.29 is 9.53 Å². The lowest BCUT2D eigenvalue weighted by Gasteiger charge is -2.21. The highest BCUT2D eigenvalue weighted by molar-refractivity contribution is 5.89. The van der Waals surface area contributed by atoms with E-state index in [2.05, 4.69) is 11.2 Å². The Kier molecular flexibility index (Phi) is 4.17. The van der Waals surface area contributed by atoms with E-state index in [1.807, 2.05) is 26.0 Å². The van der Waals surface area contributed by atoms with Gasteiger partial charge in [0.1, 0.15) is 0 Å². The summed E-state index contributed by atoms with van der Waals surface area (Å²) in [6.45, 7) is 5.98. The molecule has 1 aromatic carbocycles. The molecule has 0 amide bonds. The number of anilines is 1. The number of rotatable bonds is 4. The van der Waals surface area contributed by atoms with Gasteiger partial charge >= 0.3 is 5.97 Å². The van der Waals surface area contributed by atoms with Gasteiger partial charge < -0.3 is 10.1 Å². The molecule has 0 saturated carbocycles. The van der Waals surface area contributed by atoms with Crippen molar-refractivity contribution in [1.82, 2.24) is 0 Å². The largest absolute Gasteiger partial charge is 0.462 e. The molecule has 0 spiro atoms. The van der Waals surface area contributed by atoms with Crippen LogP contribution in [0.1, 0.15) is 31.1 Å². The summed E-state index contributed by atoms with van der Waals surface area (Å²) in [5.41, 5.74) is 1.00. The molecular formula is C14H17NO2. The summed E-state index contributed by atoms with van der Waals surface area (Å²) >= 11 is 0. The first-order valence-corrected chi connectivity index (χ1v) is 5.51. The molecule has 0 heterocycles. The second-order valence-electron chi connectivity index (χ2n) is 4.19. The van der Waals surface area contributed by atoms with E-state index in [-0.39, 0.29) is 5.97 Å². The summed E-state index contributed by atoms with van der Waals surface area (Å²) in [6, 6.07) is 7.05. The Morgan fingerprint density at radius 1 is 1.41 bits per heavy atom. The number of nitrogens with one attached hydrogen (secondary N) is 1. The van der Waals surface area contributed by atoms with Crippen molar-refractivity contribution in [3.05, 3.63) is 29.8 Å². The van der Waals surface area contributed by atoms with Crippen molar-refractivity contribution in [2.45, 2.75) is 26.3 Å². The molecule has 0 aromatic heterocycles. The predicted molar refractivity (Wildman–Crippen MR) is 68.9 cm³/mol. The van der Waals surface area contributed by atoms with E-state index < -0.39 is 5.54 Å². The van der Waals surface area contributed by atoms with Crippen LogP contribution >= 0.6 is 0 Å². The van der Waals surface area contributed by atoms with Gasteiger partial charge in [0.25, 0.3) is 0 Å². The third kappa shape index (κ3) is 3.84. The fourth-order valence-corrected chi connectivity index (χ4v) is 1.30. The van der Waals surface area contributed by atoms with E-state index in [1.165, 1.54) is 0 Å². The van der Waals surface area contributed by atoms with Gasteiger partial charge in [-0.3, -0.25) is 0 Å². The van der Waals surface area contributed by atoms with Gasteiger partial charge in [0.15, 0.2) is 0 Å². The monoisotopic (exact) mass is 231 g/mol. The average Bonchev–Trinajstić information content (AvgIpc) is 2.30. The van der Waals surface area contributed by atoms with E-state index in [4.69, 9.17) is 11.2 Å².